The molecule has 1 aromatic heterocycles. The van der Waals surface area contributed by atoms with Gasteiger partial charge in [-0.25, -0.2) is 0 Å². The lowest BCUT2D eigenvalue weighted by atomic mass is 9.96. The zero-order valence-corrected chi connectivity index (χ0v) is 14.7. The smallest absolute Gasteiger partial charge is 0.253 e. The van der Waals surface area contributed by atoms with Crippen LogP contribution in [0.1, 0.15) is 48.7 Å². The van der Waals surface area contributed by atoms with Crippen LogP contribution in [0.5, 0.6) is 0 Å². The van der Waals surface area contributed by atoms with Crippen LogP contribution in [0.4, 0.5) is 5.82 Å². The largest absolute Gasteiger partial charge is 0.338 e. The minimum atomic E-state index is -0.208. The van der Waals surface area contributed by atoms with Crippen molar-refractivity contribution >= 4 is 17.6 Å². The maximum atomic E-state index is 12.6. The summed E-state index contributed by atoms with van der Waals surface area (Å²) < 4.78 is 0. The predicted molar refractivity (Wildman–Crippen MR) is 96.4 cm³/mol. The van der Waals surface area contributed by atoms with E-state index in [-0.39, 0.29) is 17.7 Å². The van der Waals surface area contributed by atoms with Crippen LogP contribution in [-0.4, -0.2) is 40.0 Å². The normalized spacial score (nSPS) is 17.6. The lowest BCUT2D eigenvalue weighted by Crippen LogP contribution is -2.43. The predicted octanol–water partition coefficient (Wildman–Crippen LogP) is 3.02. The molecule has 0 radical (unpaired) electrons. The summed E-state index contributed by atoms with van der Waals surface area (Å²) in [4.78, 5) is 26.9. The third-order valence-corrected chi connectivity index (χ3v) is 4.57. The number of piperidine rings is 1. The summed E-state index contributed by atoms with van der Waals surface area (Å²) in [5, 5.41) is 9.94. The number of likely N-dealkylation sites (tertiary alicyclic amines) is 1. The standard InChI is InChI=1S/C19H24N4O2/c1-13(2)16-11-17(22-21-16)20-18(24)15-9-6-10-23(12-15)19(25)14-7-4-3-5-8-14/h3-5,7-8,11,13,15H,6,9-10,12H2,1-2H3,(H2,20,21,22,24)/t15-/m0/s1. The van der Waals surface area contributed by atoms with Crippen molar-refractivity contribution in [1.82, 2.24) is 15.1 Å². The van der Waals surface area contributed by atoms with Gasteiger partial charge in [0.15, 0.2) is 5.82 Å². The van der Waals surface area contributed by atoms with Crippen LogP contribution in [0.25, 0.3) is 0 Å². The second kappa shape index (κ2) is 7.51. The van der Waals surface area contributed by atoms with E-state index in [1.54, 1.807) is 4.90 Å². The first kappa shape index (κ1) is 17.2. The Morgan fingerprint density at radius 3 is 2.72 bits per heavy atom. The number of H-pyrrole nitrogens is 1. The zero-order valence-electron chi connectivity index (χ0n) is 14.7. The van der Waals surface area contributed by atoms with Crippen LogP contribution in [0.15, 0.2) is 36.4 Å². The van der Waals surface area contributed by atoms with Crippen LogP contribution in [0.3, 0.4) is 0 Å². The molecule has 2 N–H and O–H groups in total. The summed E-state index contributed by atoms with van der Waals surface area (Å²) in [6.07, 6.45) is 1.61. The Bertz CT molecular complexity index is 739. The van der Waals surface area contributed by atoms with E-state index in [0.717, 1.165) is 18.5 Å². The van der Waals surface area contributed by atoms with Gasteiger partial charge in [-0.1, -0.05) is 32.0 Å². The summed E-state index contributed by atoms with van der Waals surface area (Å²) in [7, 11) is 0. The van der Waals surface area contributed by atoms with Crippen molar-refractivity contribution in [2.45, 2.75) is 32.6 Å². The molecule has 1 fully saturated rings. The second-order valence-corrected chi connectivity index (χ2v) is 6.81. The number of hydrogen-bond acceptors (Lipinski definition) is 3. The Balaban J connectivity index is 1.62. The number of rotatable bonds is 4. The average molecular weight is 340 g/mol. The number of aromatic amines is 1. The summed E-state index contributed by atoms with van der Waals surface area (Å²) >= 11 is 0. The SMILES string of the molecule is CC(C)c1cc(NC(=O)[C@H]2CCCN(C(=O)c3ccccc3)C2)n[nH]1. The van der Waals surface area contributed by atoms with Gasteiger partial charge in [0, 0.05) is 30.4 Å². The first-order valence-electron chi connectivity index (χ1n) is 8.75. The lowest BCUT2D eigenvalue weighted by molar-refractivity contribution is -0.121. The third-order valence-electron chi connectivity index (χ3n) is 4.57. The van der Waals surface area contributed by atoms with Crippen LogP contribution in [0.2, 0.25) is 0 Å². The Morgan fingerprint density at radius 1 is 1.28 bits per heavy atom. The van der Waals surface area contributed by atoms with E-state index in [0.29, 0.717) is 30.4 Å². The van der Waals surface area contributed by atoms with E-state index in [4.69, 9.17) is 0 Å². The highest BCUT2D eigenvalue weighted by molar-refractivity contribution is 5.96. The summed E-state index contributed by atoms with van der Waals surface area (Å²) in [6, 6.07) is 11.1. The van der Waals surface area contributed by atoms with Crippen LogP contribution in [-0.2, 0) is 4.79 Å². The van der Waals surface area contributed by atoms with Gasteiger partial charge in [0.05, 0.1) is 5.92 Å². The highest BCUT2D eigenvalue weighted by atomic mass is 16.2. The second-order valence-electron chi connectivity index (χ2n) is 6.81. The van der Waals surface area contributed by atoms with Crippen molar-refractivity contribution in [2.24, 2.45) is 5.92 Å². The molecular formula is C19H24N4O2. The van der Waals surface area contributed by atoms with Gasteiger partial charge in [0.1, 0.15) is 0 Å². The molecule has 1 saturated heterocycles. The monoisotopic (exact) mass is 340 g/mol. The molecule has 1 aliphatic heterocycles. The molecule has 0 aliphatic carbocycles. The van der Waals surface area contributed by atoms with Crippen molar-refractivity contribution in [3.63, 3.8) is 0 Å². The van der Waals surface area contributed by atoms with Gasteiger partial charge in [-0.05, 0) is 30.9 Å². The first-order valence-corrected chi connectivity index (χ1v) is 8.75. The maximum Gasteiger partial charge on any atom is 0.253 e. The zero-order chi connectivity index (χ0) is 17.8. The van der Waals surface area contributed by atoms with E-state index in [2.05, 4.69) is 29.4 Å². The molecule has 6 heteroatoms. The summed E-state index contributed by atoms with van der Waals surface area (Å²) in [5.74, 6) is 0.569. The number of anilines is 1. The minimum Gasteiger partial charge on any atom is -0.338 e. The van der Waals surface area contributed by atoms with Gasteiger partial charge < -0.3 is 10.2 Å². The van der Waals surface area contributed by atoms with Crippen molar-refractivity contribution in [3.05, 3.63) is 47.7 Å². The fourth-order valence-corrected chi connectivity index (χ4v) is 3.06. The fraction of sp³-hybridized carbons (Fsp3) is 0.421. The Labute approximate surface area is 147 Å². The van der Waals surface area contributed by atoms with E-state index in [1.165, 1.54) is 0 Å². The van der Waals surface area contributed by atoms with Gasteiger partial charge in [-0.2, -0.15) is 5.10 Å². The molecule has 2 heterocycles. The molecular weight excluding hydrogens is 316 g/mol. The fourth-order valence-electron chi connectivity index (χ4n) is 3.06. The van der Waals surface area contributed by atoms with Crippen molar-refractivity contribution < 1.29 is 9.59 Å². The number of aromatic nitrogens is 2. The molecule has 2 aromatic rings. The maximum absolute atomic E-state index is 12.6. The van der Waals surface area contributed by atoms with Crippen molar-refractivity contribution in [1.29, 1.82) is 0 Å². The van der Waals surface area contributed by atoms with E-state index < -0.39 is 0 Å². The van der Waals surface area contributed by atoms with E-state index in [1.807, 2.05) is 36.4 Å². The van der Waals surface area contributed by atoms with Gasteiger partial charge in [0.2, 0.25) is 5.91 Å². The Morgan fingerprint density at radius 2 is 2.04 bits per heavy atom. The topological polar surface area (TPSA) is 78.1 Å². The van der Waals surface area contributed by atoms with E-state index >= 15 is 0 Å². The molecule has 0 unspecified atom stereocenters. The van der Waals surface area contributed by atoms with Crippen molar-refractivity contribution in [3.8, 4) is 0 Å². The molecule has 2 amide bonds. The number of carbonyl (C=O) groups excluding carboxylic acids is 2. The van der Waals surface area contributed by atoms with Crippen LogP contribution >= 0.6 is 0 Å². The molecule has 0 spiro atoms. The average Bonchev–Trinajstić information content (AvgIpc) is 3.11. The highest BCUT2D eigenvalue weighted by Gasteiger charge is 2.29. The minimum absolute atomic E-state index is 0.0139. The molecule has 1 atom stereocenters. The lowest BCUT2D eigenvalue weighted by Gasteiger charge is -2.32. The van der Waals surface area contributed by atoms with Crippen LogP contribution in [0, 0.1) is 5.92 Å². The van der Waals surface area contributed by atoms with Crippen LogP contribution < -0.4 is 5.32 Å². The molecule has 1 aliphatic rings. The summed E-state index contributed by atoms with van der Waals surface area (Å²) in [6.45, 7) is 5.26. The number of benzene rings is 1. The molecule has 6 nitrogen and oxygen atoms in total. The molecule has 132 valence electrons. The number of carbonyl (C=O) groups is 2. The highest BCUT2D eigenvalue weighted by Crippen LogP contribution is 2.21. The quantitative estimate of drug-likeness (QED) is 0.898. The number of nitrogens with zero attached hydrogens (tertiary/aromatic N) is 2. The summed E-state index contributed by atoms with van der Waals surface area (Å²) in [5.41, 5.74) is 1.65. The Hall–Kier alpha value is -2.63. The molecule has 1 aromatic carbocycles. The first-order chi connectivity index (χ1) is 12.0. The van der Waals surface area contributed by atoms with Gasteiger partial charge >= 0.3 is 0 Å². The Kier molecular flexibility index (Phi) is 5.16. The van der Waals surface area contributed by atoms with Gasteiger partial charge in [-0.15, -0.1) is 0 Å². The van der Waals surface area contributed by atoms with Gasteiger partial charge in [0.25, 0.3) is 5.91 Å². The molecule has 0 bridgehead atoms. The van der Waals surface area contributed by atoms with Gasteiger partial charge in [-0.3, -0.25) is 14.7 Å². The van der Waals surface area contributed by atoms with Crippen molar-refractivity contribution in [2.75, 3.05) is 18.4 Å². The molecule has 0 saturated carbocycles. The van der Waals surface area contributed by atoms with E-state index in [9.17, 15) is 9.59 Å². The number of amides is 2. The number of nitrogens with one attached hydrogen (secondary N) is 2. The third kappa shape index (κ3) is 4.07. The molecule has 25 heavy (non-hydrogen) atoms. The molecule has 3 rings (SSSR count). The number of hydrogen-bond donors (Lipinski definition) is 2.